The van der Waals surface area contributed by atoms with Crippen LogP contribution in [0.1, 0.15) is 24.8 Å². The van der Waals surface area contributed by atoms with Crippen LogP contribution in [0.5, 0.6) is 0 Å². The number of ether oxygens (including phenoxy) is 1. The van der Waals surface area contributed by atoms with Crippen LogP contribution in [0.3, 0.4) is 0 Å². The first-order chi connectivity index (χ1) is 9.95. The van der Waals surface area contributed by atoms with Crippen LogP contribution in [-0.4, -0.2) is 22.3 Å². The van der Waals surface area contributed by atoms with Gasteiger partial charge in [-0.15, -0.1) is 0 Å². The molecule has 1 saturated heterocycles. The van der Waals surface area contributed by atoms with E-state index in [4.69, 9.17) is 4.74 Å². The molecule has 0 radical (unpaired) electrons. The fourth-order valence-corrected chi connectivity index (χ4v) is 2.68. The SMILES string of the molecule is O=c1[nH]c2cc(C(F)(F)F)ccc2n1CC1CCCCO1. The molecule has 0 saturated carbocycles. The van der Waals surface area contributed by atoms with Crippen LogP contribution in [0, 0.1) is 0 Å². The quantitative estimate of drug-likeness (QED) is 0.927. The van der Waals surface area contributed by atoms with E-state index in [0.29, 0.717) is 18.7 Å². The number of aromatic amines is 1. The molecular formula is C14H15F3N2O2. The van der Waals surface area contributed by atoms with Crippen molar-refractivity contribution in [3.8, 4) is 0 Å². The number of alkyl halides is 3. The summed E-state index contributed by atoms with van der Waals surface area (Å²) in [5, 5.41) is 0. The van der Waals surface area contributed by atoms with E-state index in [1.165, 1.54) is 10.6 Å². The second kappa shape index (κ2) is 5.22. The molecule has 1 aliphatic heterocycles. The van der Waals surface area contributed by atoms with Crippen LogP contribution in [-0.2, 0) is 17.5 Å². The third-order valence-electron chi connectivity index (χ3n) is 3.76. The van der Waals surface area contributed by atoms with Gasteiger partial charge in [0.05, 0.1) is 29.2 Å². The summed E-state index contributed by atoms with van der Waals surface area (Å²) in [6.07, 6.45) is -1.56. The van der Waals surface area contributed by atoms with Gasteiger partial charge in [0.1, 0.15) is 0 Å². The van der Waals surface area contributed by atoms with Crippen LogP contribution < -0.4 is 5.69 Å². The van der Waals surface area contributed by atoms with E-state index in [1.807, 2.05) is 0 Å². The van der Waals surface area contributed by atoms with Crippen LogP contribution >= 0.6 is 0 Å². The zero-order valence-corrected chi connectivity index (χ0v) is 11.2. The molecule has 3 rings (SSSR count). The van der Waals surface area contributed by atoms with Crippen molar-refractivity contribution in [2.24, 2.45) is 0 Å². The summed E-state index contributed by atoms with van der Waals surface area (Å²) in [7, 11) is 0. The van der Waals surface area contributed by atoms with Gasteiger partial charge in [0.2, 0.25) is 0 Å². The predicted octanol–water partition coefficient (Wildman–Crippen LogP) is 2.92. The molecule has 1 aromatic carbocycles. The van der Waals surface area contributed by atoms with Crippen molar-refractivity contribution in [1.82, 2.24) is 9.55 Å². The van der Waals surface area contributed by atoms with Gasteiger partial charge in [-0.25, -0.2) is 4.79 Å². The second-order valence-electron chi connectivity index (χ2n) is 5.26. The summed E-state index contributed by atoms with van der Waals surface area (Å²) >= 11 is 0. The fourth-order valence-electron chi connectivity index (χ4n) is 2.68. The third-order valence-corrected chi connectivity index (χ3v) is 3.76. The van der Waals surface area contributed by atoms with E-state index in [1.54, 1.807) is 0 Å². The molecule has 1 atom stereocenters. The van der Waals surface area contributed by atoms with Gasteiger partial charge < -0.3 is 9.72 Å². The maximum atomic E-state index is 12.7. The molecule has 0 amide bonds. The van der Waals surface area contributed by atoms with Gasteiger partial charge in [0, 0.05) is 6.61 Å². The van der Waals surface area contributed by atoms with E-state index in [9.17, 15) is 18.0 Å². The molecular weight excluding hydrogens is 285 g/mol. The molecule has 1 aliphatic rings. The third kappa shape index (κ3) is 2.83. The summed E-state index contributed by atoms with van der Waals surface area (Å²) in [5.41, 5.74) is -0.497. The molecule has 0 aliphatic carbocycles. The first-order valence-corrected chi connectivity index (χ1v) is 6.86. The standard InChI is InChI=1S/C14H15F3N2O2/c15-14(16,17)9-4-5-12-11(7-9)18-13(20)19(12)8-10-3-1-2-6-21-10/h4-5,7,10H,1-3,6,8H2,(H,18,20). The number of aromatic nitrogens is 2. The number of halogens is 3. The van der Waals surface area contributed by atoms with Crippen molar-refractivity contribution in [1.29, 1.82) is 0 Å². The predicted molar refractivity (Wildman–Crippen MR) is 71.2 cm³/mol. The van der Waals surface area contributed by atoms with Gasteiger partial charge in [-0.2, -0.15) is 13.2 Å². The largest absolute Gasteiger partial charge is 0.416 e. The van der Waals surface area contributed by atoms with E-state index >= 15 is 0 Å². The number of nitrogens with one attached hydrogen (secondary N) is 1. The second-order valence-corrected chi connectivity index (χ2v) is 5.26. The number of hydrogen-bond donors (Lipinski definition) is 1. The molecule has 21 heavy (non-hydrogen) atoms. The lowest BCUT2D eigenvalue weighted by Gasteiger charge is -2.22. The van der Waals surface area contributed by atoms with E-state index in [0.717, 1.165) is 31.4 Å². The fraction of sp³-hybridized carbons (Fsp3) is 0.500. The zero-order chi connectivity index (χ0) is 15.0. The molecule has 1 N–H and O–H groups in total. The summed E-state index contributed by atoms with van der Waals surface area (Å²) in [6, 6.07) is 3.29. The molecule has 1 fully saturated rings. The summed E-state index contributed by atoms with van der Waals surface area (Å²) in [6.45, 7) is 1.03. The highest BCUT2D eigenvalue weighted by Gasteiger charge is 2.31. The lowest BCUT2D eigenvalue weighted by Crippen LogP contribution is -2.29. The average molecular weight is 300 g/mol. The summed E-state index contributed by atoms with van der Waals surface area (Å²) < 4.78 is 45.1. The van der Waals surface area contributed by atoms with Crippen LogP contribution in [0.4, 0.5) is 13.2 Å². The first kappa shape index (κ1) is 14.2. The number of fused-ring (bicyclic) bond motifs is 1. The molecule has 7 heteroatoms. The number of H-pyrrole nitrogens is 1. The van der Waals surface area contributed by atoms with E-state index in [-0.39, 0.29) is 11.6 Å². The Morgan fingerprint density at radius 3 is 2.81 bits per heavy atom. The number of benzene rings is 1. The highest BCUT2D eigenvalue weighted by atomic mass is 19.4. The van der Waals surface area contributed by atoms with Crippen molar-refractivity contribution >= 4 is 11.0 Å². The van der Waals surface area contributed by atoms with Gasteiger partial charge in [-0.1, -0.05) is 0 Å². The Morgan fingerprint density at radius 1 is 1.33 bits per heavy atom. The molecule has 1 aromatic heterocycles. The highest BCUT2D eigenvalue weighted by molar-refractivity contribution is 5.76. The van der Waals surface area contributed by atoms with Gasteiger partial charge in [0.15, 0.2) is 0 Å². The molecule has 2 aromatic rings. The normalized spacial score (nSPS) is 20.0. The van der Waals surface area contributed by atoms with Crippen LogP contribution in [0.25, 0.3) is 11.0 Å². The van der Waals surface area contributed by atoms with Gasteiger partial charge in [-0.05, 0) is 37.5 Å². The summed E-state index contributed by atoms with van der Waals surface area (Å²) in [4.78, 5) is 14.4. The molecule has 2 heterocycles. The van der Waals surface area contributed by atoms with E-state index < -0.39 is 17.4 Å². The highest BCUT2D eigenvalue weighted by Crippen LogP contribution is 2.30. The Hall–Kier alpha value is -1.76. The van der Waals surface area contributed by atoms with Crippen molar-refractivity contribution < 1.29 is 17.9 Å². The molecule has 114 valence electrons. The number of hydrogen-bond acceptors (Lipinski definition) is 2. The monoisotopic (exact) mass is 300 g/mol. The number of rotatable bonds is 2. The number of nitrogens with zero attached hydrogens (tertiary/aromatic N) is 1. The van der Waals surface area contributed by atoms with Crippen molar-refractivity contribution in [2.75, 3.05) is 6.61 Å². The van der Waals surface area contributed by atoms with Crippen molar-refractivity contribution in [3.63, 3.8) is 0 Å². The Kier molecular flexibility index (Phi) is 3.52. The number of imidazole rings is 1. The average Bonchev–Trinajstić information content (AvgIpc) is 2.75. The minimum Gasteiger partial charge on any atom is -0.376 e. The lowest BCUT2D eigenvalue weighted by atomic mass is 10.1. The lowest BCUT2D eigenvalue weighted by molar-refractivity contribution is -0.137. The molecule has 1 unspecified atom stereocenters. The first-order valence-electron chi connectivity index (χ1n) is 6.86. The summed E-state index contributed by atoms with van der Waals surface area (Å²) in [5.74, 6) is 0. The van der Waals surface area contributed by atoms with Crippen LogP contribution in [0.15, 0.2) is 23.0 Å². The van der Waals surface area contributed by atoms with Crippen molar-refractivity contribution in [2.45, 2.75) is 38.1 Å². The molecule has 4 nitrogen and oxygen atoms in total. The minimum atomic E-state index is -4.42. The van der Waals surface area contributed by atoms with E-state index in [2.05, 4.69) is 4.98 Å². The Morgan fingerprint density at radius 2 is 2.14 bits per heavy atom. The Bertz CT molecular complexity index is 696. The van der Waals surface area contributed by atoms with Crippen LogP contribution in [0.2, 0.25) is 0 Å². The molecule has 0 bridgehead atoms. The van der Waals surface area contributed by atoms with Crippen molar-refractivity contribution in [3.05, 3.63) is 34.2 Å². The molecule has 0 spiro atoms. The smallest absolute Gasteiger partial charge is 0.376 e. The zero-order valence-electron chi connectivity index (χ0n) is 11.2. The Labute approximate surface area is 118 Å². The topological polar surface area (TPSA) is 47.0 Å². The van der Waals surface area contributed by atoms with Gasteiger partial charge in [0.25, 0.3) is 0 Å². The Balaban J connectivity index is 1.95. The maximum Gasteiger partial charge on any atom is 0.416 e. The van der Waals surface area contributed by atoms with Gasteiger partial charge in [-0.3, -0.25) is 4.57 Å². The minimum absolute atomic E-state index is 0.0576. The van der Waals surface area contributed by atoms with Gasteiger partial charge >= 0.3 is 11.9 Å². The maximum absolute atomic E-state index is 12.7.